The molecule has 12 aromatic rings. The number of furan rings is 1. The fraction of sp³-hybridized carbons (Fsp3) is 0.0508. The van der Waals surface area contributed by atoms with E-state index in [1.165, 1.54) is 0 Å². The highest BCUT2D eigenvalue weighted by atomic mass is 16.3. The first-order chi connectivity index (χ1) is 38.5. The molecule has 0 atom stereocenters. The second kappa shape index (κ2) is 14.1. The van der Waals surface area contributed by atoms with Crippen LogP contribution in [0.2, 0.25) is 0 Å². The van der Waals surface area contributed by atoms with Gasteiger partial charge in [-0.25, -0.2) is 0 Å². The van der Waals surface area contributed by atoms with Crippen molar-refractivity contribution in [3.8, 4) is 22.3 Å². The standard InChI is InChI=1S/C59H40O/c1-3-13-43-33-38(23-24-39(43)11-1)34-55-51-19-7-5-17-49(51)53(50-18-6-8-20-52(50)55)31-29-42-16-9-15-41-26-28-47(37-54(41)42)48-21-10-22-58-59(48)56-36-46(30-32-57(56)60-58)45-27-25-40-12-2-4-14-44(40)35-45/h1-28,30,32-33,35-37H,29,31,34H2/i1D,3D,5D,6D,7D,8D,9D,11D,13D,15D,16D,17D,18D,19D,20D,23D,24D,26D,28D,33D,37D. The minimum absolute atomic E-state index is 0.0409. The molecule has 1 heteroatoms. The van der Waals surface area contributed by atoms with E-state index in [-0.39, 0.29) is 72.6 Å². The molecule has 1 nitrogen and oxygen atoms in total. The summed E-state index contributed by atoms with van der Waals surface area (Å²) in [7, 11) is 0. The highest BCUT2D eigenvalue weighted by molar-refractivity contribution is 6.14. The Morgan fingerprint density at radius 1 is 0.400 bits per heavy atom. The topological polar surface area (TPSA) is 13.1 Å². The molecule has 0 radical (unpaired) electrons. The molecule has 0 saturated carbocycles. The third kappa shape index (κ3) is 5.85. The van der Waals surface area contributed by atoms with Crippen LogP contribution in [0.1, 0.15) is 51.0 Å². The van der Waals surface area contributed by atoms with E-state index in [0.29, 0.717) is 27.5 Å². The molecular formula is C59H40O. The summed E-state index contributed by atoms with van der Waals surface area (Å²) in [6.45, 7) is 0. The summed E-state index contributed by atoms with van der Waals surface area (Å²) in [5.41, 5.74) is 2.31. The van der Waals surface area contributed by atoms with Crippen LogP contribution in [0.25, 0.3) is 98.1 Å². The molecule has 0 bridgehead atoms. The number of hydrogen-bond donors (Lipinski definition) is 0. The van der Waals surface area contributed by atoms with E-state index in [4.69, 9.17) is 20.9 Å². The molecule has 0 aliphatic carbocycles. The van der Waals surface area contributed by atoms with Gasteiger partial charge in [-0.2, -0.15) is 0 Å². The average Bonchev–Trinajstić information content (AvgIpc) is 2.41. The maximum Gasteiger partial charge on any atom is 0.136 e. The van der Waals surface area contributed by atoms with Gasteiger partial charge in [-0.05, 0) is 148 Å². The van der Waals surface area contributed by atoms with Crippen molar-refractivity contribution >= 4 is 75.8 Å². The lowest BCUT2D eigenvalue weighted by molar-refractivity contribution is 0.669. The zero-order valence-corrected chi connectivity index (χ0v) is 31.5. The van der Waals surface area contributed by atoms with Gasteiger partial charge in [0.15, 0.2) is 0 Å². The van der Waals surface area contributed by atoms with Crippen molar-refractivity contribution in [2.45, 2.75) is 19.3 Å². The van der Waals surface area contributed by atoms with Crippen molar-refractivity contribution in [2.75, 3.05) is 0 Å². The molecule has 0 fully saturated rings. The van der Waals surface area contributed by atoms with Crippen molar-refractivity contribution < 1.29 is 33.2 Å². The minimum atomic E-state index is -0.749. The van der Waals surface area contributed by atoms with Gasteiger partial charge in [0.2, 0.25) is 0 Å². The summed E-state index contributed by atoms with van der Waals surface area (Å²) in [6, 6.07) is 11.5. The van der Waals surface area contributed by atoms with Gasteiger partial charge in [0.25, 0.3) is 0 Å². The fourth-order valence-corrected chi connectivity index (χ4v) is 8.41. The van der Waals surface area contributed by atoms with E-state index in [1.54, 1.807) is 18.2 Å². The quantitative estimate of drug-likeness (QED) is 0.147. The fourth-order valence-electron chi connectivity index (χ4n) is 8.41. The second-order valence-corrected chi connectivity index (χ2v) is 14.6. The second-order valence-electron chi connectivity index (χ2n) is 14.6. The number of fused-ring (bicyclic) bond motifs is 8. The summed E-state index contributed by atoms with van der Waals surface area (Å²) in [5.74, 6) is 0. The summed E-state index contributed by atoms with van der Waals surface area (Å²) in [5, 5.41) is 0.996. The van der Waals surface area contributed by atoms with Crippen molar-refractivity contribution in [3.05, 3.63) is 228 Å². The molecule has 0 aliphatic heterocycles. The first-order valence-corrected chi connectivity index (χ1v) is 19.4. The molecule has 0 saturated heterocycles. The van der Waals surface area contributed by atoms with Gasteiger partial charge >= 0.3 is 0 Å². The monoisotopic (exact) mass is 785 g/mol. The molecule has 0 amide bonds. The third-order valence-electron chi connectivity index (χ3n) is 11.2. The lowest BCUT2D eigenvalue weighted by atomic mass is 9.86. The molecule has 11 aromatic carbocycles. The van der Waals surface area contributed by atoms with E-state index >= 15 is 0 Å². The van der Waals surface area contributed by atoms with Crippen LogP contribution in [0.3, 0.4) is 0 Å². The van der Waals surface area contributed by atoms with Gasteiger partial charge in [0.05, 0.1) is 28.8 Å². The van der Waals surface area contributed by atoms with Gasteiger partial charge in [-0.15, -0.1) is 0 Å². The molecule has 1 heterocycles. The van der Waals surface area contributed by atoms with Gasteiger partial charge in [-0.3, -0.25) is 0 Å². The summed E-state index contributed by atoms with van der Waals surface area (Å²) >= 11 is 0. The summed E-state index contributed by atoms with van der Waals surface area (Å²) < 4.78 is 197. The number of benzene rings is 11. The first kappa shape index (κ1) is 19.5. The predicted octanol–water partition coefficient (Wildman–Crippen LogP) is 16.1. The molecule has 282 valence electrons. The molecule has 0 spiro atoms. The van der Waals surface area contributed by atoms with Crippen LogP contribution in [0.5, 0.6) is 0 Å². The highest BCUT2D eigenvalue weighted by Crippen LogP contribution is 2.41. The lowest BCUT2D eigenvalue weighted by Crippen LogP contribution is -2.00. The molecule has 0 aliphatic rings. The molecule has 0 N–H and O–H groups in total. The Hall–Kier alpha value is -7.48. The van der Waals surface area contributed by atoms with Crippen molar-refractivity contribution in [1.82, 2.24) is 0 Å². The zero-order valence-electron chi connectivity index (χ0n) is 52.5. The zero-order chi connectivity index (χ0) is 57.8. The number of hydrogen-bond acceptors (Lipinski definition) is 1. The van der Waals surface area contributed by atoms with Crippen LogP contribution < -0.4 is 0 Å². The van der Waals surface area contributed by atoms with Crippen LogP contribution in [-0.4, -0.2) is 0 Å². The molecule has 1 aromatic heterocycles. The number of aryl methyl sites for hydroxylation is 2. The van der Waals surface area contributed by atoms with Crippen molar-refractivity contribution in [3.63, 3.8) is 0 Å². The molecule has 60 heavy (non-hydrogen) atoms. The Kier molecular flexibility index (Phi) is 4.59. The third-order valence-corrected chi connectivity index (χ3v) is 11.2. The highest BCUT2D eigenvalue weighted by Gasteiger charge is 2.17. The molecular weight excluding hydrogens is 725 g/mol. The Morgan fingerprint density at radius 2 is 1.10 bits per heavy atom. The number of rotatable bonds is 7. The van der Waals surface area contributed by atoms with Gasteiger partial charge < -0.3 is 4.42 Å². The van der Waals surface area contributed by atoms with Gasteiger partial charge in [0, 0.05) is 10.8 Å². The normalized spacial score (nSPS) is 16.8. The SMILES string of the molecule is [2H]c1c([2H])c([2H])c2c([2H])c(Cc3c4c([2H])c([2H])c([2H])c([2H])c4c(CCc4c([2H])c([2H])c([2H])c5c([2H])c([2H])c(-c6cccc7oc8ccc(-c9ccc%10ccccc%10c9)cc8c67)c([2H])c45)c4c([2H])c([2H])c([2H])c([2H])c34)c([2H])c([2H])c2c1[2H]. The largest absolute Gasteiger partial charge is 0.456 e. The van der Waals surface area contributed by atoms with Crippen LogP contribution in [-0.2, 0) is 19.3 Å². The average molecular weight is 786 g/mol. The lowest BCUT2D eigenvalue weighted by Gasteiger charge is -2.18. The summed E-state index contributed by atoms with van der Waals surface area (Å²) in [4.78, 5) is 0. The van der Waals surface area contributed by atoms with Crippen LogP contribution in [0.15, 0.2) is 210 Å². The van der Waals surface area contributed by atoms with E-state index in [9.17, 15) is 12.3 Å². The maximum absolute atomic E-state index is 10.0. The maximum atomic E-state index is 10.0. The summed E-state index contributed by atoms with van der Waals surface area (Å²) in [6.07, 6.45) is -1.48. The van der Waals surface area contributed by atoms with E-state index in [1.807, 2.05) is 54.6 Å². The van der Waals surface area contributed by atoms with E-state index in [2.05, 4.69) is 6.07 Å². The molecule has 12 rings (SSSR count). The van der Waals surface area contributed by atoms with Crippen LogP contribution in [0.4, 0.5) is 0 Å². The van der Waals surface area contributed by atoms with Gasteiger partial charge in [0.1, 0.15) is 11.2 Å². The Labute approximate surface area is 378 Å². The Balaban J connectivity index is 1.10. The smallest absolute Gasteiger partial charge is 0.136 e. The Bertz CT molecular complexity index is 4790. The minimum Gasteiger partial charge on any atom is -0.456 e. The Morgan fingerprint density at radius 3 is 1.93 bits per heavy atom. The van der Waals surface area contributed by atoms with E-state index < -0.39 is 144 Å². The van der Waals surface area contributed by atoms with Crippen molar-refractivity contribution in [1.29, 1.82) is 0 Å². The molecule has 0 unspecified atom stereocenters. The van der Waals surface area contributed by atoms with Crippen LogP contribution in [0, 0.1) is 0 Å². The van der Waals surface area contributed by atoms with Crippen LogP contribution >= 0.6 is 0 Å². The van der Waals surface area contributed by atoms with Gasteiger partial charge in [-0.1, -0.05) is 175 Å². The van der Waals surface area contributed by atoms with Crippen molar-refractivity contribution in [2.24, 2.45) is 0 Å². The first-order valence-electron chi connectivity index (χ1n) is 29.9. The predicted molar refractivity (Wildman–Crippen MR) is 255 cm³/mol. The van der Waals surface area contributed by atoms with E-state index in [0.717, 1.165) is 21.9 Å².